The normalized spacial score (nSPS) is 16.8. The maximum Gasteiger partial charge on any atom is 0.193 e. The zero-order valence-electron chi connectivity index (χ0n) is 18.1. The van der Waals surface area contributed by atoms with Crippen molar-refractivity contribution in [1.82, 2.24) is 15.1 Å². The first-order valence-corrected chi connectivity index (χ1v) is 10.6. The maximum absolute atomic E-state index is 5.78. The van der Waals surface area contributed by atoms with Gasteiger partial charge in [-0.05, 0) is 44.8 Å². The summed E-state index contributed by atoms with van der Waals surface area (Å²) in [5, 5.41) is 3.65. The number of hydrogen-bond acceptors (Lipinski definition) is 3. The lowest BCUT2D eigenvalue weighted by atomic mass is 10.0. The van der Waals surface area contributed by atoms with Crippen LogP contribution in [0.3, 0.4) is 0 Å². The van der Waals surface area contributed by atoms with E-state index in [-0.39, 0.29) is 24.0 Å². The van der Waals surface area contributed by atoms with E-state index in [0.717, 1.165) is 64.6 Å². The molecule has 1 aliphatic heterocycles. The van der Waals surface area contributed by atoms with Crippen molar-refractivity contribution < 1.29 is 4.74 Å². The summed E-state index contributed by atoms with van der Waals surface area (Å²) < 4.78 is 5.78. The van der Waals surface area contributed by atoms with Gasteiger partial charge in [0.25, 0.3) is 0 Å². The van der Waals surface area contributed by atoms with Crippen LogP contribution in [0.25, 0.3) is 0 Å². The number of hydrogen-bond donors (Lipinski definition) is 1. The SMILES string of the molecule is CCOC1CCN(C(=NC)NCC(Cc2ccccc2)N(CC)CC)CC1.I. The summed E-state index contributed by atoms with van der Waals surface area (Å²) >= 11 is 0. The molecule has 0 spiro atoms. The molecule has 1 N–H and O–H groups in total. The summed E-state index contributed by atoms with van der Waals surface area (Å²) in [5.41, 5.74) is 1.39. The molecule has 28 heavy (non-hydrogen) atoms. The third-order valence-electron chi connectivity index (χ3n) is 5.49. The van der Waals surface area contributed by atoms with Crippen molar-refractivity contribution in [3.63, 3.8) is 0 Å². The number of likely N-dealkylation sites (N-methyl/N-ethyl adjacent to an activating group) is 1. The summed E-state index contributed by atoms with van der Waals surface area (Å²) in [7, 11) is 1.89. The minimum atomic E-state index is 0. The molecule has 1 unspecified atom stereocenters. The van der Waals surface area contributed by atoms with Crippen molar-refractivity contribution in [2.75, 3.05) is 46.4 Å². The predicted octanol–water partition coefficient (Wildman–Crippen LogP) is 3.63. The Hall–Kier alpha value is -0.860. The smallest absolute Gasteiger partial charge is 0.193 e. The van der Waals surface area contributed by atoms with Crippen LogP contribution in [0.4, 0.5) is 0 Å². The van der Waals surface area contributed by atoms with Gasteiger partial charge in [-0.1, -0.05) is 44.2 Å². The van der Waals surface area contributed by atoms with E-state index >= 15 is 0 Å². The van der Waals surface area contributed by atoms with E-state index in [9.17, 15) is 0 Å². The van der Waals surface area contributed by atoms with Gasteiger partial charge in [-0.3, -0.25) is 9.89 Å². The van der Waals surface area contributed by atoms with E-state index in [2.05, 4.69) is 71.2 Å². The van der Waals surface area contributed by atoms with Crippen molar-refractivity contribution in [3.05, 3.63) is 35.9 Å². The first kappa shape index (κ1) is 25.2. The van der Waals surface area contributed by atoms with Crippen LogP contribution in [0.5, 0.6) is 0 Å². The van der Waals surface area contributed by atoms with Gasteiger partial charge in [-0.25, -0.2) is 0 Å². The number of rotatable bonds is 9. The molecule has 160 valence electrons. The minimum absolute atomic E-state index is 0. The van der Waals surface area contributed by atoms with Crippen molar-refractivity contribution in [2.24, 2.45) is 4.99 Å². The van der Waals surface area contributed by atoms with Crippen LogP contribution in [0.15, 0.2) is 35.3 Å². The molecule has 0 bridgehead atoms. The molecule has 0 aliphatic carbocycles. The quantitative estimate of drug-likeness (QED) is 0.318. The molecular formula is C22H39IN4O. The highest BCUT2D eigenvalue weighted by molar-refractivity contribution is 14.0. The maximum atomic E-state index is 5.78. The number of halogens is 1. The van der Waals surface area contributed by atoms with E-state index in [1.54, 1.807) is 0 Å². The molecule has 1 saturated heterocycles. The fourth-order valence-electron chi connectivity index (χ4n) is 3.97. The second kappa shape index (κ2) is 14.2. The third kappa shape index (κ3) is 7.87. The molecule has 0 aromatic heterocycles. The fraction of sp³-hybridized carbons (Fsp3) is 0.682. The topological polar surface area (TPSA) is 40.1 Å². The fourth-order valence-corrected chi connectivity index (χ4v) is 3.97. The standard InChI is InChI=1S/C22H38N4O.HI/c1-5-25(6-2)20(17-19-11-9-8-10-12-19)18-24-22(23-4)26-15-13-21(14-16-26)27-7-3;/h8-12,20-21H,5-7,13-18H2,1-4H3,(H,23,24);1H. The average Bonchev–Trinajstić information content (AvgIpc) is 2.71. The van der Waals surface area contributed by atoms with E-state index in [4.69, 9.17) is 4.74 Å². The van der Waals surface area contributed by atoms with Gasteiger partial charge in [-0.2, -0.15) is 0 Å². The Morgan fingerprint density at radius 1 is 1.18 bits per heavy atom. The van der Waals surface area contributed by atoms with Crippen LogP contribution in [0.1, 0.15) is 39.2 Å². The van der Waals surface area contributed by atoms with E-state index in [1.807, 2.05) is 7.05 Å². The Bertz CT molecular complexity index is 543. The Morgan fingerprint density at radius 2 is 1.82 bits per heavy atom. The van der Waals surface area contributed by atoms with Gasteiger partial charge in [0.15, 0.2) is 5.96 Å². The monoisotopic (exact) mass is 502 g/mol. The number of ether oxygens (including phenoxy) is 1. The molecule has 1 fully saturated rings. The number of nitrogens with one attached hydrogen (secondary N) is 1. The van der Waals surface area contributed by atoms with Gasteiger partial charge < -0.3 is 15.0 Å². The lowest BCUT2D eigenvalue weighted by molar-refractivity contribution is 0.0263. The molecule has 5 nitrogen and oxygen atoms in total. The van der Waals surface area contributed by atoms with Crippen LogP contribution in [0.2, 0.25) is 0 Å². The molecule has 2 rings (SSSR count). The van der Waals surface area contributed by atoms with Crippen molar-refractivity contribution in [2.45, 2.75) is 52.2 Å². The number of likely N-dealkylation sites (tertiary alicyclic amines) is 1. The molecular weight excluding hydrogens is 463 g/mol. The Morgan fingerprint density at radius 3 is 2.36 bits per heavy atom. The molecule has 6 heteroatoms. The summed E-state index contributed by atoms with van der Waals surface area (Å²) in [5.74, 6) is 1.02. The molecule has 1 aromatic rings. The number of aliphatic imine (C=N–C) groups is 1. The van der Waals surface area contributed by atoms with Gasteiger partial charge in [0.2, 0.25) is 0 Å². The molecule has 1 heterocycles. The Labute approximate surface area is 188 Å². The summed E-state index contributed by atoms with van der Waals surface area (Å²) in [4.78, 5) is 9.45. The third-order valence-corrected chi connectivity index (χ3v) is 5.49. The largest absolute Gasteiger partial charge is 0.378 e. The first-order chi connectivity index (χ1) is 13.2. The lowest BCUT2D eigenvalue weighted by Gasteiger charge is -2.36. The second-order valence-corrected chi connectivity index (χ2v) is 7.13. The predicted molar refractivity (Wildman–Crippen MR) is 130 cm³/mol. The molecule has 0 amide bonds. The number of nitrogens with zero attached hydrogens (tertiary/aromatic N) is 3. The molecule has 0 saturated carbocycles. The molecule has 1 aliphatic rings. The summed E-state index contributed by atoms with van der Waals surface area (Å²) in [6.45, 7) is 12.4. The van der Waals surface area contributed by atoms with Gasteiger partial charge in [0.05, 0.1) is 6.10 Å². The molecule has 0 radical (unpaired) electrons. The van der Waals surface area contributed by atoms with Gasteiger partial charge >= 0.3 is 0 Å². The van der Waals surface area contributed by atoms with Crippen LogP contribution in [-0.4, -0.2) is 74.3 Å². The Balaban J connectivity index is 0.00000392. The van der Waals surface area contributed by atoms with Crippen LogP contribution >= 0.6 is 24.0 Å². The average molecular weight is 502 g/mol. The zero-order chi connectivity index (χ0) is 19.5. The number of guanidine groups is 1. The van der Waals surface area contributed by atoms with Crippen LogP contribution < -0.4 is 5.32 Å². The summed E-state index contributed by atoms with van der Waals surface area (Å²) in [6, 6.07) is 11.3. The highest BCUT2D eigenvalue weighted by Gasteiger charge is 2.23. The zero-order valence-corrected chi connectivity index (χ0v) is 20.4. The van der Waals surface area contributed by atoms with Gasteiger partial charge in [0.1, 0.15) is 0 Å². The highest BCUT2D eigenvalue weighted by Crippen LogP contribution is 2.14. The van der Waals surface area contributed by atoms with Crippen LogP contribution in [-0.2, 0) is 11.2 Å². The number of piperidine rings is 1. The lowest BCUT2D eigenvalue weighted by Crippen LogP contribution is -2.51. The number of benzene rings is 1. The molecule has 1 atom stereocenters. The second-order valence-electron chi connectivity index (χ2n) is 7.13. The van der Waals surface area contributed by atoms with Crippen molar-refractivity contribution in [1.29, 1.82) is 0 Å². The van der Waals surface area contributed by atoms with Gasteiger partial charge in [-0.15, -0.1) is 24.0 Å². The Kier molecular flexibility index (Phi) is 12.7. The first-order valence-electron chi connectivity index (χ1n) is 10.6. The van der Waals surface area contributed by atoms with Crippen molar-refractivity contribution >= 4 is 29.9 Å². The van der Waals surface area contributed by atoms with E-state index in [1.165, 1.54) is 5.56 Å². The van der Waals surface area contributed by atoms with E-state index in [0.29, 0.717) is 12.1 Å². The highest BCUT2D eigenvalue weighted by atomic mass is 127. The van der Waals surface area contributed by atoms with E-state index < -0.39 is 0 Å². The van der Waals surface area contributed by atoms with Crippen molar-refractivity contribution in [3.8, 4) is 0 Å². The minimum Gasteiger partial charge on any atom is -0.378 e. The van der Waals surface area contributed by atoms with Crippen LogP contribution in [0, 0.1) is 0 Å². The molecule has 1 aromatic carbocycles. The van der Waals surface area contributed by atoms with Gasteiger partial charge in [0, 0.05) is 39.3 Å². The summed E-state index contributed by atoms with van der Waals surface area (Å²) in [6.07, 6.45) is 3.63.